The van der Waals surface area contributed by atoms with E-state index in [1.165, 1.54) is 18.5 Å². The minimum absolute atomic E-state index is 0.121. The lowest BCUT2D eigenvalue weighted by Crippen LogP contribution is -1.94. The van der Waals surface area contributed by atoms with Gasteiger partial charge in [-0.3, -0.25) is 0 Å². The number of rotatable bonds is 2. The lowest BCUT2D eigenvalue weighted by molar-refractivity contribution is 0.438. The van der Waals surface area contributed by atoms with E-state index >= 15 is 0 Å². The van der Waals surface area contributed by atoms with Gasteiger partial charge < -0.3 is 10.5 Å². The number of nitrogens with two attached hydrogens (primary N) is 1. The average molecular weight is 284 g/mol. The second kappa shape index (κ2) is 4.44. The van der Waals surface area contributed by atoms with Crippen LogP contribution in [0.2, 0.25) is 0 Å². The summed E-state index contributed by atoms with van der Waals surface area (Å²) >= 11 is 3.05. The van der Waals surface area contributed by atoms with E-state index in [1.807, 2.05) is 0 Å². The number of anilines is 1. The molecular formula is C10H7BrFN3O. The molecule has 0 atom stereocenters. The molecule has 6 heteroatoms. The molecule has 0 aliphatic carbocycles. The predicted octanol–water partition coefficient (Wildman–Crippen LogP) is 2.75. The molecular weight excluding hydrogens is 277 g/mol. The molecule has 0 spiro atoms. The summed E-state index contributed by atoms with van der Waals surface area (Å²) in [5.74, 6) is -0.0848. The SMILES string of the molecule is Nc1cnc(Oc2ccc(Br)c(F)c2)nc1. The summed E-state index contributed by atoms with van der Waals surface area (Å²) < 4.78 is 18.8. The van der Waals surface area contributed by atoms with Crippen molar-refractivity contribution in [2.75, 3.05) is 5.73 Å². The van der Waals surface area contributed by atoms with Gasteiger partial charge in [0.2, 0.25) is 0 Å². The van der Waals surface area contributed by atoms with Gasteiger partial charge >= 0.3 is 6.01 Å². The molecule has 1 aromatic heterocycles. The van der Waals surface area contributed by atoms with Gasteiger partial charge in [-0.25, -0.2) is 14.4 Å². The fourth-order valence-electron chi connectivity index (χ4n) is 1.02. The molecule has 1 aromatic carbocycles. The van der Waals surface area contributed by atoms with Crippen LogP contribution in [0.3, 0.4) is 0 Å². The molecule has 0 bridgehead atoms. The van der Waals surface area contributed by atoms with Gasteiger partial charge in [-0.15, -0.1) is 0 Å². The van der Waals surface area contributed by atoms with Crippen molar-refractivity contribution in [1.82, 2.24) is 9.97 Å². The number of halogens is 2. The largest absolute Gasteiger partial charge is 0.424 e. The zero-order valence-electron chi connectivity index (χ0n) is 8.02. The fraction of sp³-hybridized carbons (Fsp3) is 0. The summed E-state index contributed by atoms with van der Waals surface area (Å²) in [4.78, 5) is 7.67. The van der Waals surface area contributed by atoms with E-state index in [4.69, 9.17) is 10.5 Å². The Hall–Kier alpha value is -1.69. The van der Waals surface area contributed by atoms with Crippen molar-refractivity contribution in [2.24, 2.45) is 0 Å². The Morgan fingerprint density at radius 2 is 1.94 bits per heavy atom. The Kier molecular flexibility index (Phi) is 3.00. The van der Waals surface area contributed by atoms with E-state index in [0.717, 1.165) is 0 Å². The molecule has 16 heavy (non-hydrogen) atoms. The number of ether oxygens (including phenoxy) is 1. The second-order valence-corrected chi connectivity index (χ2v) is 3.83. The second-order valence-electron chi connectivity index (χ2n) is 2.98. The van der Waals surface area contributed by atoms with Crippen LogP contribution < -0.4 is 10.5 Å². The number of nitrogen functional groups attached to an aromatic ring is 1. The van der Waals surface area contributed by atoms with E-state index in [9.17, 15) is 4.39 Å². The molecule has 82 valence electrons. The number of hydrogen-bond acceptors (Lipinski definition) is 4. The normalized spacial score (nSPS) is 10.1. The zero-order chi connectivity index (χ0) is 11.5. The maximum absolute atomic E-state index is 13.2. The number of benzene rings is 1. The van der Waals surface area contributed by atoms with Gasteiger partial charge in [-0.05, 0) is 28.1 Å². The van der Waals surface area contributed by atoms with Crippen LogP contribution in [-0.2, 0) is 0 Å². The topological polar surface area (TPSA) is 61.0 Å². The molecule has 0 saturated carbocycles. The van der Waals surface area contributed by atoms with Crippen molar-refractivity contribution in [1.29, 1.82) is 0 Å². The van der Waals surface area contributed by atoms with Crippen LogP contribution in [0.1, 0.15) is 0 Å². The van der Waals surface area contributed by atoms with Gasteiger partial charge in [0.25, 0.3) is 0 Å². The highest BCUT2D eigenvalue weighted by Gasteiger charge is 2.04. The van der Waals surface area contributed by atoms with Crippen molar-refractivity contribution in [2.45, 2.75) is 0 Å². The number of hydrogen-bond donors (Lipinski definition) is 1. The molecule has 4 nitrogen and oxygen atoms in total. The number of aromatic nitrogens is 2. The maximum atomic E-state index is 13.2. The van der Waals surface area contributed by atoms with Crippen molar-refractivity contribution >= 4 is 21.6 Å². The monoisotopic (exact) mass is 283 g/mol. The highest BCUT2D eigenvalue weighted by Crippen LogP contribution is 2.23. The molecule has 0 aliphatic heterocycles. The maximum Gasteiger partial charge on any atom is 0.322 e. The first kappa shape index (κ1) is 10.8. The highest BCUT2D eigenvalue weighted by atomic mass is 79.9. The Bertz CT molecular complexity index is 504. The minimum atomic E-state index is -0.409. The van der Waals surface area contributed by atoms with E-state index < -0.39 is 5.82 Å². The number of nitrogens with zero attached hydrogens (tertiary/aromatic N) is 2. The van der Waals surface area contributed by atoms with Gasteiger partial charge in [-0.2, -0.15) is 0 Å². The summed E-state index contributed by atoms with van der Waals surface area (Å²) in [6.07, 6.45) is 2.83. The van der Waals surface area contributed by atoms with E-state index in [1.54, 1.807) is 12.1 Å². The lowest BCUT2D eigenvalue weighted by Gasteiger charge is -2.04. The molecule has 1 heterocycles. The molecule has 2 rings (SSSR count). The summed E-state index contributed by atoms with van der Waals surface area (Å²) in [6, 6.07) is 4.51. The summed E-state index contributed by atoms with van der Waals surface area (Å²) in [7, 11) is 0. The quantitative estimate of drug-likeness (QED) is 0.921. The predicted molar refractivity (Wildman–Crippen MR) is 60.6 cm³/mol. The fourth-order valence-corrected chi connectivity index (χ4v) is 1.27. The van der Waals surface area contributed by atoms with Gasteiger partial charge in [0, 0.05) is 6.07 Å². The third-order valence-electron chi connectivity index (χ3n) is 1.75. The van der Waals surface area contributed by atoms with Crippen LogP contribution in [0.4, 0.5) is 10.1 Å². The first-order valence-corrected chi connectivity index (χ1v) is 5.15. The molecule has 0 fully saturated rings. The first-order chi connectivity index (χ1) is 7.65. The van der Waals surface area contributed by atoms with Crippen LogP contribution in [0, 0.1) is 5.82 Å². The van der Waals surface area contributed by atoms with Crippen molar-refractivity contribution in [3.05, 3.63) is 40.9 Å². The van der Waals surface area contributed by atoms with E-state index in [0.29, 0.717) is 15.9 Å². The minimum Gasteiger partial charge on any atom is -0.424 e. The van der Waals surface area contributed by atoms with Crippen molar-refractivity contribution in [3.8, 4) is 11.8 Å². The molecule has 0 amide bonds. The Morgan fingerprint density at radius 3 is 2.56 bits per heavy atom. The lowest BCUT2D eigenvalue weighted by atomic mass is 10.3. The summed E-state index contributed by atoms with van der Waals surface area (Å²) in [5.41, 5.74) is 5.86. The van der Waals surface area contributed by atoms with Crippen molar-refractivity contribution < 1.29 is 9.13 Å². The molecule has 0 radical (unpaired) electrons. The average Bonchev–Trinajstić information content (AvgIpc) is 2.27. The summed E-state index contributed by atoms with van der Waals surface area (Å²) in [5, 5.41) is 0. The van der Waals surface area contributed by atoms with Crippen LogP contribution in [-0.4, -0.2) is 9.97 Å². The Labute approximate surface area is 99.4 Å². The Balaban J connectivity index is 2.20. The Morgan fingerprint density at radius 1 is 1.25 bits per heavy atom. The van der Waals surface area contributed by atoms with Gasteiger partial charge in [0.05, 0.1) is 22.6 Å². The molecule has 2 N–H and O–H groups in total. The molecule has 2 aromatic rings. The summed E-state index contributed by atoms with van der Waals surface area (Å²) in [6.45, 7) is 0. The van der Waals surface area contributed by atoms with Crippen LogP contribution in [0.25, 0.3) is 0 Å². The van der Waals surface area contributed by atoms with Crippen LogP contribution in [0.15, 0.2) is 35.1 Å². The molecule has 0 unspecified atom stereocenters. The molecule has 0 aliphatic rings. The van der Waals surface area contributed by atoms with E-state index in [-0.39, 0.29) is 6.01 Å². The van der Waals surface area contributed by atoms with Gasteiger partial charge in [-0.1, -0.05) is 0 Å². The smallest absolute Gasteiger partial charge is 0.322 e. The zero-order valence-corrected chi connectivity index (χ0v) is 9.61. The van der Waals surface area contributed by atoms with Crippen LogP contribution >= 0.6 is 15.9 Å². The first-order valence-electron chi connectivity index (χ1n) is 4.35. The highest BCUT2D eigenvalue weighted by molar-refractivity contribution is 9.10. The van der Waals surface area contributed by atoms with E-state index in [2.05, 4.69) is 25.9 Å². The standard InChI is InChI=1S/C10H7BrFN3O/c11-8-2-1-7(3-9(8)12)16-10-14-4-6(13)5-15-10/h1-5H,13H2. The van der Waals surface area contributed by atoms with Crippen molar-refractivity contribution in [3.63, 3.8) is 0 Å². The van der Waals surface area contributed by atoms with Gasteiger partial charge in [0.15, 0.2) is 0 Å². The van der Waals surface area contributed by atoms with Gasteiger partial charge in [0.1, 0.15) is 11.6 Å². The molecule has 0 saturated heterocycles. The third-order valence-corrected chi connectivity index (χ3v) is 2.39. The van der Waals surface area contributed by atoms with Crippen LogP contribution in [0.5, 0.6) is 11.8 Å². The third kappa shape index (κ3) is 2.46.